The van der Waals surface area contributed by atoms with E-state index in [-0.39, 0.29) is 23.5 Å². The third kappa shape index (κ3) is 4.09. The molecule has 0 radical (unpaired) electrons. The molecule has 0 aromatic rings. The van der Waals surface area contributed by atoms with Gasteiger partial charge in [-0.25, -0.2) is 0 Å². The van der Waals surface area contributed by atoms with Gasteiger partial charge in [-0.15, -0.1) is 0 Å². The monoisotopic (exact) mass is 490 g/mol. The molecule has 0 aromatic carbocycles. The van der Waals surface area contributed by atoms with Crippen LogP contribution in [0.4, 0.5) is 0 Å². The Morgan fingerprint density at radius 1 is 0.967 bits per heavy atom. The van der Waals surface area contributed by atoms with Gasteiger partial charge in [0.15, 0.2) is 0 Å². The number of hydrogen-bond acceptors (Lipinski definition) is 11. The number of hydrogen-bond donors (Lipinski definition) is 0. The molecule has 3 atom stereocenters. The summed E-state index contributed by atoms with van der Waals surface area (Å²) < 4.78 is 56.5. The number of carbonyl (C=O) groups is 2. The van der Waals surface area contributed by atoms with Crippen LogP contribution in [-0.4, -0.2) is 63.5 Å². The Bertz CT molecular complexity index is 701. The maximum absolute atomic E-state index is 13.4. The van der Waals surface area contributed by atoms with Crippen LogP contribution in [0.25, 0.3) is 0 Å². The van der Waals surface area contributed by atoms with Crippen molar-refractivity contribution in [2.45, 2.75) is 44.5 Å². The zero-order valence-electron chi connectivity index (χ0n) is 17.4. The van der Waals surface area contributed by atoms with Crippen molar-refractivity contribution in [3.63, 3.8) is 0 Å². The molecule has 0 saturated carbocycles. The Labute approximate surface area is 175 Å². The van der Waals surface area contributed by atoms with Crippen LogP contribution < -0.4 is 0 Å². The molecule has 6 rings (SSSR count). The molecular formula is C16H29O11P3. The first-order valence-corrected chi connectivity index (χ1v) is 16.0. The fraction of sp³-hybridized carbons (Fsp3) is 0.875. The molecule has 6 fully saturated rings. The average Bonchev–Trinajstić information content (AvgIpc) is 2.53. The van der Waals surface area contributed by atoms with Gasteiger partial charge in [-0.3, -0.25) is 0 Å². The number of ether oxygens (including phenoxy) is 2. The molecule has 11 nitrogen and oxygen atoms in total. The van der Waals surface area contributed by atoms with Crippen molar-refractivity contribution in [3.8, 4) is 0 Å². The summed E-state index contributed by atoms with van der Waals surface area (Å²) in [5.74, 6) is -1.66. The standard InChI is InChI=1S/C16H29O11P3/c1-10(13(17)20-2)8-11(14(18)21-3)6-5-7-28(4,19)9-12(29-22-15(23-29)24-29)30-25-16(26-30)27-30/h10-12,15-16,29-30H,5-9H2,1-4H3. The van der Waals surface area contributed by atoms with Crippen molar-refractivity contribution < 1.29 is 50.8 Å². The summed E-state index contributed by atoms with van der Waals surface area (Å²) in [6.45, 7) is 2.19. The molecule has 30 heavy (non-hydrogen) atoms. The van der Waals surface area contributed by atoms with E-state index < -0.39 is 47.8 Å². The summed E-state index contributed by atoms with van der Waals surface area (Å²) in [4.78, 5) is 23.8. The molecule has 6 heterocycles. The van der Waals surface area contributed by atoms with Gasteiger partial charge in [-0.2, -0.15) is 0 Å². The van der Waals surface area contributed by atoms with Crippen LogP contribution in [0.3, 0.4) is 0 Å². The van der Waals surface area contributed by atoms with Gasteiger partial charge < -0.3 is 0 Å². The molecule has 0 amide bonds. The van der Waals surface area contributed by atoms with E-state index >= 15 is 0 Å². The fourth-order valence-electron chi connectivity index (χ4n) is 4.16. The number of carbonyl (C=O) groups excluding carboxylic acids is 2. The minimum absolute atomic E-state index is 0.284. The zero-order chi connectivity index (χ0) is 21.7. The predicted octanol–water partition coefficient (Wildman–Crippen LogP) is 2.79. The predicted molar refractivity (Wildman–Crippen MR) is 108 cm³/mol. The maximum atomic E-state index is 13.4. The van der Waals surface area contributed by atoms with Gasteiger partial charge in [-0.1, -0.05) is 0 Å². The van der Waals surface area contributed by atoms with E-state index in [4.69, 9.17) is 36.6 Å². The third-order valence-corrected chi connectivity index (χ3v) is 16.4. The van der Waals surface area contributed by atoms with E-state index in [9.17, 15) is 14.2 Å². The summed E-state index contributed by atoms with van der Waals surface area (Å²) >= 11 is 0. The van der Waals surface area contributed by atoms with Gasteiger partial charge in [0.1, 0.15) is 0 Å². The van der Waals surface area contributed by atoms with Gasteiger partial charge in [0.05, 0.1) is 0 Å². The molecule has 14 heteroatoms. The van der Waals surface area contributed by atoms with E-state index in [1.165, 1.54) is 14.2 Å². The van der Waals surface area contributed by atoms with Crippen LogP contribution >= 0.6 is 23.0 Å². The molecule has 0 N–H and O–H groups in total. The van der Waals surface area contributed by atoms with Crippen LogP contribution in [0.2, 0.25) is 0 Å². The van der Waals surface area contributed by atoms with Crippen LogP contribution in [0, 0.1) is 11.8 Å². The van der Waals surface area contributed by atoms with Crippen LogP contribution in [0.5, 0.6) is 0 Å². The molecule has 6 aliphatic heterocycles. The van der Waals surface area contributed by atoms with Crippen LogP contribution in [0.1, 0.15) is 26.2 Å². The second-order valence-corrected chi connectivity index (χ2v) is 17.5. The minimum atomic E-state index is -2.89. The second-order valence-electron chi connectivity index (χ2n) is 8.27. The number of rotatable bonds is 12. The van der Waals surface area contributed by atoms with Crippen molar-refractivity contribution in [2.75, 3.05) is 33.2 Å². The molecular weight excluding hydrogens is 461 g/mol. The molecule has 3 unspecified atom stereocenters. The molecule has 0 aromatic heterocycles. The second kappa shape index (κ2) is 8.29. The SMILES string of the molecule is COC(=O)C(C)CC(CCCP(C)(=O)CC([PH]12OC(O1)O2)[PH]12OC(O1)O2)C(=O)OC. The molecule has 6 saturated heterocycles. The van der Waals surface area contributed by atoms with Gasteiger partial charge in [0, 0.05) is 0 Å². The number of esters is 2. The van der Waals surface area contributed by atoms with Gasteiger partial charge in [0.2, 0.25) is 0 Å². The first-order chi connectivity index (χ1) is 14.1. The summed E-state index contributed by atoms with van der Waals surface area (Å²) in [7, 11) is -5.82. The van der Waals surface area contributed by atoms with Crippen molar-refractivity contribution in [3.05, 3.63) is 0 Å². The van der Waals surface area contributed by atoms with Gasteiger partial charge in [0.25, 0.3) is 0 Å². The summed E-state index contributed by atoms with van der Waals surface area (Å²) in [6.07, 6.45) is 2.00. The number of methoxy groups -OCH3 is 2. The van der Waals surface area contributed by atoms with Crippen LogP contribution in [0.15, 0.2) is 0 Å². The summed E-state index contributed by atoms with van der Waals surface area (Å²) in [6, 6.07) is 0. The van der Waals surface area contributed by atoms with Crippen LogP contribution in [-0.2, 0) is 50.8 Å². The van der Waals surface area contributed by atoms with Crippen molar-refractivity contribution >= 4 is 35.0 Å². The molecule has 6 aliphatic rings. The van der Waals surface area contributed by atoms with Crippen molar-refractivity contribution in [2.24, 2.45) is 11.8 Å². The molecule has 4 bridgehead atoms. The zero-order valence-corrected chi connectivity index (χ0v) is 20.3. The van der Waals surface area contributed by atoms with E-state index in [2.05, 4.69) is 0 Å². The Morgan fingerprint density at radius 2 is 1.47 bits per heavy atom. The quantitative estimate of drug-likeness (QED) is 0.296. The van der Waals surface area contributed by atoms with Gasteiger partial charge >= 0.3 is 175 Å². The van der Waals surface area contributed by atoms with E-state index in [1.807, 2.05) is 0 Å². The first-order valence-electron chi connectivity index (χ1n) is 9.90. The van der Waals surface area contributed by atoms with Crippen molar-refractivity contribution in [1.29, 1.82) is 0 Å². The third-order valence-electron chi connectivity index (χ3n) is 5.95. The van der Waals surface area contributed by atoms with E-state index in [0.717, 1.165) is 0 Å². The Hall–Kier alpha value is -0.210. The van der Waals surface area contributed by atoms with Crippen molar-refractivity contribution in [1.82, 2.24) is 0 Å². The Kier molecular flexibility index (Phi) is 6.35. The Morgan fingerprint density at radius 3 is 1.87 bits per heavy atom. The van der Waals surface area contributed by atoms with E-state index in [1.54, 1.807) is 13.6 Å². The fourth-order valence-corrected chi connectivity index (χ4v) is 15.7. The molecule has 174 valence electrons. The summed E-state index contributed by atoms with van der Waals surface area (Å²) in [5, 5.41) is -0.383. The summed E-state index contributed by atoms with van der Waals surface area (Å²) in [5.41, 5.74) is 0. The van der Waals surface area contributed by atoms with E-state index in [0.29, 0.717) is 25.4 Å². The normalized spacial score (nSPS) is 33.5. The van der Waals surface area contributed by atoms with Gasteiger partial charge in [-0.05, 0) is 0 Å². The average molecular weight is 490 g/mol. The Balaban J connectivity index is 1.31. The molecule has 0 aliphatic carbocycles. The first kappa shape index (κ1) is 23.0. The molecule has 0 spiro atoms. The topological polar surface area (TPSA) is 125 Å².